The number of aryl methyl sites for hydroxylation is 1. The molecule has 0 bridgehead atoms. The van der Waals surface area contributed by atoms with Crippen LogP contribution in [0.4, 0.5) is 4.39 Å². The molecule has 2 aliphatic rings. The highest BCUT2D eigenvalue weighted by Crippen LogP contribution is 2.23. The molecule has 0 spiro atoms. The topological polar surface area (TPSA) is 78.1 Å². The van der Waals surface area contributed by atoms with Crippen molar-refractivity contribution < 1.29 is 19.2 Å². The number of oxime groups is 1. The van der Waals surface area contributed by atoms with Crippen molar-refractivity contribution in [2.75, 3.05) is 33.2 Å². The third-order valence-electron chi connectivity index (χ3n) is 6.76. The molecule has 4 rings (SSSR count). The minimum Gasteiger partial charge on any atom is -0.411 e. The van der Waals surface area contributed by atoms with Gasteiger partial charge in [0.05, 0.1) is 5.71 Å². The Balaban J connectivity index is 1.31. The highest BCUT2D eigenvalue weighted by atomic mass is 19.1. The van der Waals surface area contributed by atoms with E-state index in [2.05, 4.69) is 10.1 Å². The first kappa shape index (κ1) is 23.2. The minimum absolute atomic E-state index is 0.0474. The normalized spacial score (nSPS) is 20.7. The quantitative estimate of drug-likeness (QED) is 0.300. The van der Waals surface area contributed by atoms with Gasteiger partial charge < -0.3 is 19.6 Å². The summed E-state index contributed by atoms with van der Waals surface area (Å²) in [6, 6.07) is 7.68. The largest absolute Gasteiger partial charge is 0.411 e. The lowest BCUT2D eigenvalue weighted by Gasteiger charge is -2.32. The summed E-state index contributed by atoms with van der Waals surface area (Å²) in [5.41, 5.74) is 2.43. The van der Waals surface area contributed by atoms with Gasteiger partial charge in [-0.3, -0.25) is 9.59 Å². The van der Waals surface area contributed by atoms with Gasteiger partial charge in [-0.2, -0.15) is 0 Å². The van der Waals surface area contributed by atoms with Crippen LogP contribution in [0.1, 0.15) is 58.5 Å². The van der Waals surface area contributed by atoms with Crippen molar-refractivity contribution in [2.24, 2.45) is 11.1 Å². The van der Waals surface area contributed by atoms with Gasteiger partial charge in [0, 0.05) is 56.3 Å². The van der Waals surface area contributed by atoms with Crippen molar-refractivity contribution >= 4 is 17.4 Å². The van der Waals surface area contributed by atoms with Crippen LogP contribution >= 0.6 is 0 Å². The number of hydrogen-bond acceptors (Lipinski definition) is 5. The minimum atomic E-state index is -0.329. The SMILES string of the molecule is CN1CCC(=NO)c2ccn(CCCCN3CCCC(C(=O)c4ccc(F)cc4)C3)c2C1=O. The number of rotatable bonds is 7. The molecule has 0 saturated carbocycles. The number of amides is 1. The average Bonchev–Trinajstić information content (AvgIpc) is 3.20. The lowest BCUT2D eigenvalue weighted by Crippen LogP contribution is -2.39. The average molecular weight is 455 g/mol. The predicted octanol–water partition coefficient (Wildman–Crippen LogP) is 3.66. The molecule has 8 heteroatoms. The van der Waals surface area contributed by atoms with Crippen molar-refractivity contribution in [3.05, 3.63) is 59.2 Å². The van der Waals surface area contributed by atoms with Crippen LogP contribution < -0.4 is 0 Å². The standard InChI is InChI=1S/C25H31FN4O3/c1-28-15-11-22(27-33)21-10-16-30(23(21)25(28)32)14-3-2-12-29-13-4-5-19(17-29)24(31)18-6-8-20(26)9-7-18/h6-10,16,19,33H,2-5,11-15,17H2,1H3. The fraction of sp³-hybridized carbons (Fsp3) is 0.480. The van der Waals surface area contributed by atoms with E-state index in [1.54, 1.807) is 24.1 Å². The van der Waals surface area contributed by atoms with E-state index in [1.165, 1.54) is 12.1 Å². The second-order valence-electron chi connectivity index (χ2n) is 9.01. The molecule has 1 unspecified atom stereocenters. The van der Waals surface area contributed by atoms with Crippen molar-refractivity contribution in [2.45, 2.75) is 38.6 Å². The molecule has 3 heterocycles. The molecule has 1 fully saturated rings. The van der Waals surface area contributed by atoms with Gasteiger partial charge in [0.1, 0.15) is 11.5 Å². The number of Topliss-reactive ketones (excluding diaryl/α,β-unsaturated/α-hetero) is 1. The number of carbonyl (C=O) groups excluding carboxylic acids is 2. The zero-order valence-electron chi connectivity index (χ0n) is 19.0. The highest BCUT2D eigenvalue weighted by molar-refractivity contribution is 6.11. The predicted molar refractivity (Wildman–Crippen MR) is 123 cm³/mol. The lowest BCUT2D eigenvalue weighted by molar-refractivity contribution is 0.0790. The summed E-state index contributed by atoms with van der Waals surface area (Å²) < 4.78 is 15.1. The zero-order valence-corrected chi connectivity index (χ0v) is 19.0. The summed E-state index contributed by atoms with van der Waals surface area (Å²) >= 11 is 0. The Morgan fingerprint density at radius 3 is 2.67 bits per heavy atom. The zero-order chi connectivity index (χ0) is 23.4. The Labute approximate surface area is 193 Å². The van der Waals surface area contributed by atoms with Crippen molar-refractivity contribution in [3.63, 3.8) is 0 Å². The van der Waals surface area contributed by atoms with Crippen molar-refractivity contribution in [3.8, 4) is 0 Å². The first-order valence-corrected chi connectivity index (χ1v) is 11.7. The molecule has 7 nitrogen and oxygen atoms in total. The molecule has 33 heavy (non-hydrogen) atoms. The van der Waals surface area contributed by atoms with E-state index in [1.807, 2.05) is 16.8 Å². The maximum atomic E-state index is 13.2. The van der Waals surface area contributed by atoms with Crippen molar-refractivity contribution in [1.29, 1.82) is 0 Å². The molecular formula is C25H31FN4O3. The molecule has 1 aromatic heterocycles. The lowest BCUT2D eigenvalue weighted by atomic mass is 9.90. The number of aromatic nitrogens is 1. The smallest absolute Gasteiger partial charge is 0.270 e. The Morgan fingerprint density at radius 2 is 1.91 bits per heavy atom. The van der Waals surface area contributed by atoms with Gasteiger partial charge in [0.25, 0.3) is 5.91 Å². The Bertz CT molecular complexity index is 1030. The highest BCUT2D eigenvalue weighted by Gasteiger charge is 2.28. The van der Waals surface area contributed by atoms with Crippen LogP contribution in [0.2, 0.25) is 0 Å². The third kappa shape index (κ3) is 5.16. The second-order valence-corrected chi connectivity index (χ2v) is 9.01. The first-order chi connectivity index (χ1) is 16.0. The van der Waals surface area contributed by atoms with Crippen molar-refractivity contribution in [1.82, 2.24) is 14.4 Å². The summed E-state index contributed by atoms with van der Waals surface area (Å²) in [6.07, 6.45) is 6.12. The molecule has 2 aromatic rings. The summed E-state index contributed by atoms with van der Waals surface area (Å²) in [6.45, 7) is 3.84. The van der Waals surface area contributed by atoms with Gasteiger partial charge in [-0.1, -0.05) is 5.16 Å². The van der Waals surface area contributed by atoms with E-state index in [4.69, 9.17) is 0 Å². The van der Waals surface area contributed by atoms with Crippen LogP contribution in [0, 0.1) is 11.7 Å². The second kappa shape index (κ2) is 10.3. The van der Waals surface area contributed by atoms with Crippen LogP contribution in [0.5, 0.6) is 0 Å². The molecule has 1 saturated heterocycles. The van der Waals surface area contributed by atoms with Gasteiger partial charge in [-0.05, 0) is 69.1 Å². The molecule has 1 aromatic carbocycles. The number of carbonyl (C=O) groups is 2. The Kier molecular flexibility index (Phi) is 7.23. The van der Waals surface area contributed by atoms with Crippen LogP contribution in [0.15, 0.2) is 41.7 Å². The van der Waals surface area contributed by atoms with Gasteiger partial charge in [0.2, 0.25) is 0 Å². The van der Waals surface area contributed by atoms with E-state index in [0.717, 1.165) is 45.3 Å². The van der Waals surface area contributed by atoms with Crippen LogP contribution in [0.25, 0.3) is 0 Å². The van der Waals surface area contributed by atoms with Gasteiger partial charge >= 0.3 is 0 Å². The number of benzene rings is 1. The summed E-state index contributed by atoms with van der Waals surface area (Å²) in [5.74, 6) is -0.330. The van der Waals surface area contributed by atoms with E-state index in [9.17, 15) is 19.2 Å². The number of unbranched alkanes of at least 4 members (excludes halogenated alkanes) is 1. The number of ketones is 1. The van der Waals surface area contributed by atoms with Gasteiger partial charge in [-0.15, -0.1) is 0 Å². The first-order valence-electron chi connectivity index (χ1n) is 11.7. The third-order valence-corrected chi connectivity index (χ3v) is 6.76. The van der Waals surface area contributed by atoms with E-state index >= 15 is 0 Å². The Morgan fingerprint density at radius 1 is 1.15 bits per heavy atom. The fourth-order valence-corrected chi connectivity index (χ4v) is 4.86. The molecule has 0 aliphatic carbocycles. The van der Waals surface area contributed by atoms with Crippen LogP contribution in [-0.4, -0.2) is 70.2 Å². The maximum Gasteiger partial charge on any atom is 0.270 e. The molecule has 1 N–H and O–H groups in total. The fourth-order valence-electron chi connectivity index (χ4n) is 4.86. The van der Waals surface area contributed by atoms with Gasteiger partial charge in [0.15, 0.2) is 5.78 Å². The van der Waals surface area contributed by atoms with Crippen LogP contribution in [0.3, 0.4) is 0 Å². The number of piperidine rings is 1. The molecule has 1 atom stereocenters. The summed E-state index contributed by atoms with van der Waals surface area (Å²) in [5, 5.41) is 12.8. The number of nitrogens with zero attached hydrogens (tertiary/aromatic N) is 4. The van der Waals surface area contributed by atoms with Crippen LogP contribution in [-0.2, 0) is 6.54 Å². The number of hydrogen-bond donors (Lipinski definition) is 1. The summed E-state index contributed by atoms with van der Waals surface area (Å²) in [4.78, 5) is 29.6. The summed E-state index contributed by atoms with van der Waals surface area (Å²) in [7, 11) is 1.77. The number of likely N-dealkylation sites (tertiary alicyclic amines) is 1. The van der Waals surface area contributed by atoms with Gasteiger partial charge in [-0.25, -0.2) is 4.39 Å². The molecular weight excluding hydrogens is 423 g/mol. The molecule has 1 amide bonds. The maximum absolute atomic E-state index is 13.2. The van der Waals surface area contributed by atoms with E-state index in [0.29, 0.717) is 42.0 Å². The van der Waals surface area contributed by atoms with E-state index in [-0.39, 0.29) is 23.4 Å². The Hall–Kier alpha value is -3.00. The number of halogens is 1. The monoisotopic (exact) mass is 454 g/mol. The molecule has 2 aliphatic heterocycles. The molecule has 176 valence electrons. The number of fused-ring (bicyclic) bond motifs is 1. The molecule has 0 radical (unpaired) electrons. The van der Waals surface area contributed by atoms with E-state index < -0.39 is 0 Å².